The molecule has 1 aliphatic rings. The van der Waals surface area contributed by atoms with Gasteiger partial charge in [0.25, 0.3) is 0 Å². The highest BCUT2D eigenvalue weighted by Gasteiger charge is 2.23. The SMILES string of the molecule is CCCC1C=C(Cl)C=CN1C(=O)OCc1ccccc1. The van der Waals surface area contributed by atoms with Gasteiger partial charge in [0.05, 0.1) is 6.04 Å². The van der Waals surface area contributed by atoms with Crippen molar-refractivity contribution in [3.05, 3.63) is 59.3 Å². The van der Waals surface area contributed by atoms with E-state index in [2.05, 4.69) is 6.92 Å². The summed E-state index contributed by atoms with van der Waals surface area (Å²) in [7, 11) is 0. The van der Waals surface area contributed by atoms with Crippen molar-refractivity contribution in [2.45, 2.75) is 32.4 Å². The van der Waals surface area contributed by atoms with Crippen LogP contribution in [0.3, 0.4) is 0 Å². The molecule has 0 radical (unpaired) electrons. The van der Waals surface area contributed by atoms with E-state index in [9.17, 15) is 4.79 Å². The van der Waals surface area contributed by atoms with Crippen LogP contribution in [0.4, 0.5) is 4.79 Å². The first-order chi connectivity index (χ1) is 9.70. The fraction of sp³-hybridized carbons (Fsp3) is 0.312. The molecule has 3 nitrogen and oxygen atoms in total. The summed E-state index contributed by atoms with van der Waals surface area (Å²) in [6.45, 7) is 2.36. The largest absolute Gasteiger partial charge is 0.444 e. The maximum absolute atomic E-state index is 12.1. The average molecular weight is 292 g/mol. The smallest absolute Gasteiger partial charge is 0.414 e. The third kappa shape index (κ3) is 3.87. The lowest BCUT2D eigenvalue weighted by molar-refractivity contribution is 0.102. The molecule has 1 aromatic carbocycles. The van der Waals surface area contributed by atoms with Crippen molar-refractivity contribution in [1.29, 1.82) is 0 Å². The van der Waals surface area contributed by atoms with Crippen molar-refractivity contribution < 1.29 is 9.53 Å². The number of rotatable bonds is 4. The van der Waals surface area contributed by atoms with E-state index in [1.807, 2.05) is 36.4 Å². The molecule has 2 rings (SSSR count). The quantitative estimate of drug-likeness (QED) is 0.820. The fourth-order valence-electron chi connectivity index (χ4n) is 2.09. The van der Waals surface area contributed by atoms with E-state index in [1.165, 1.54) is 0 Å². The number of allylic oxidation sites excluding steroid dienone is 2. The number of carbonyl (C=O) groups is 1. The number of nitrogens with zero attached hydrogens (tertiary/aromatic N) is 1. The molecule has 0 N–H and O–H groups in total. The van der Waals surface area contributed by atoms with Gasteiger partial charge in [-0.05, 0) is 24.1 Å². The van der Waals surface area contributed by atoms with Crippen LogP contribution in [0.5, 0.6) is 0 Å². The molecule has 1 unspecified atom stereocenters. The molecule has 106 valence electrons. The van der Waals surface area contributed by atoms with Crippen LogP contribution < -0.4 is 0 Å². The van der Waals surface area contributed by atoms with Gasteiger partial charge in [-0.1, -0.05) is 55.3 Å². The van der Waals surface area contributed by atoms with Crippen LogP contribution in [-0.2, 0) is 11.3 Å². The van der Waals surface area contributed by atoms with Crippen LogP contribution in [0.1, 0.15) is 25.3 Å². The van der Waals surface area contributed by atoms with E-state index in [-0.39, 0.29) is 18.7 Å². The van der Waals surface area contributed by atoms with Crippen molar-refractivity contribution in [2.75, 3.05) is 0 Å². The third-order valence-corrected chi connectivity index (χ3v) is 3.36. The Morgan fingerprint density at radius 1 is 1.35 bits per heavy atom. The van der Waals surface area contributed by atoms with Crippen molar-refractivity contribution in [1.82, 2.24) is 4.90 Å². The van der Waals surface area contributed by atoms with Crippen molar-refractivity contribution in [2.24, 2.45) is 0 Å². The first-order valence-electron chi connectivity index (χ1n) is 6.75. The molecule has 1 amide bonds. The average Bonchev–Trinajstić information content (AvgIpc) is 2.46. The van der Waals surface area contributed by atoms with Gasteiger partial charge >= 0.3 is 6.09 Å². The zero-order valence-corrected chi connectivity index (χ0v) is 12.2. The maximum atomic E-state index is 12.1. The molecule has 1 aliphatic heterocycles. The standard InChI is InChI=1S/C16H18ClNO2/c1-2-6-15-11-14(17)9-10-18(15)16(19)20-12-13-7-4-3-5-8-13/h3-5,7-11,15H,2,6,12H2,1H3. The van der Waals surface area contributed by atoms with Gasteiger partial charge in [0.1, 0.15) is 6.61 Å². The summed E-state index contributed by atoms with van der Waals surface area (Å²) < 4.78 is 5.34. The highest BCUT2D eigenvalue weighted by molar-refractivity contribution is 6.31. The summed E-state index contributed by atoms with van der Waals surface area (Å²) in [5, 5.41) is 0.663. The number of benzene rings is 1. The highest BCUT2D eigenvalue weighted by atomic mass is 35.5. The maximum Gasteiger partial charge on any atom is 0.414 e. The predicted molar refractivity (Wildman–Crippen MR) is 80.2 cm³/mol. The minimum Gasteiger partial charge on any atom is -0.444 e. The van der Waals surface area contributed by atoms with Crippen molar-refractivity contribution in [3.63, 3.8) is 0 Å². The number of hydrogen-bond donors (Lipinski definition) is 0. The molecule has 0 bridgehead atoms. The molecule has 0 fully saturated rings. The minimum absolute atomic E-state index is 0.0271. The highest BCUT2D eigenvalue weighted by Crippen LogP contribution is 2.21. The van der Waals surface area contributed by atoms with Gasteiger partial charge in [-0.3, -0.25) is 4.90 Å². The fourth-order valence-corrected chi connectivity index (χ4v) is 2.29. The van der Waals surface area contributed by atoms with Gasteiger partial charge in [0.15, 0.2) is 0 Å². The molecule has 1 heterocycles. The summed E-state index contributed by atoms with van der Waals surface area (Å²) in [5.41, 5.74) is 0.974. The van der Waals surface area contributed by atoms with Gasteiger partial charge in [-0.15, -0.1) is 0 Å². The zero-order valence-electron chi connectivity index (χ0n) is 11.5. The number of hydrogen-bond acceptors (Lipinski definition) is 2. The van der Waals surface area contributed by atoms with Gasteiger partial charge in [-0.25, -0.2) is 4.79 Å². The van der Waals surface area contributed by atoms with E-state index in [0.717, 1.165) is 18.4 Å². The van der Waals surface area contributed by atoms with Gasteiger partial charge in [0.2, 0.25) is 0 Å². The molecule has 0 saturated heterocycles. The predicted octanol–water partition coefficient (Wildman–Crippen LogP) is 4.44. The molecule has 0 aliphatic carbocycles. The third-order valence-electron chi connectivity index (χ3n) is 3.10. The first kappa shape index (κ1) is 14.7. The van der Waals surface area contributed by atoms with Crippen LogP contribution >= 0.6 is 11.6 Å². The van der Waals surface area contributed by atoms with E-state index >= 15 is 0 Å². The lowest BCUT2D eigenvalue weighted by Gasteiger charge is -2.28. The Morgan fingerprint density at radius 3 is 2.80 bits per heavy atom. The lowest BCUT2D eigenvalue weighted by Crippen LogP contribution is -2.36. The summed E-state index contributed by atoms with van der Waals surface area (Å²) in [6.07, 6.45) is 6.77. The Morgan fingerprint density at radius 2 is 2.10 bits per heavy atom. The molecule has 1 atom stereocenters. The number of amides is 1. The lowest BCUT2D eigenvalue weighted by atomic mass is 10.1. The minimum atomic E-state index is -0.344. The Hall–Kier alpha value is -1.74. The molecule has 0 saturated carbocycles. The van der Waals surface area contributed by atoms with Gasteiger partial charge < -0.3 is 4.74 Å². The first-order valence-corrected chi connectivity index (χ1v) is 7.13. The van der Waals surface area contributed by atoms with Crippen LogP contribution in [0, 0.1) is 0 Å². The van der Waals surface area contributed by atoms with Gasteiger partial charge in [0, 0.05) is 11.2 Å². The van der Waals surface area contributed by atoms with E-state index in [0.29, 0.717) is 5.03 Å². The summed E-state index contributed by atoms with van der Waals surface area (Å²) in [6, 6.07) is 9.61. The molecular formula is C16H18ClNO2. The topological polar surface area (TPSA) is 29.5 Å². The molecule has 0 spiro atoms. The van der Waals surface area contributed by atoms with E-state index in [1.54, 1.807) is 17.2 Å². The molecule has 0 aromatic heterocycles. The van der Waals surface area contributed by atoms with E-state index < -0.39 is 0 Å². The Labute approximate surface area is 124 Å². The molecule has 4 heteroatoms. The van der Waals surface area contributed by atoms with Crippen LogP contribution in [0.25, 0.3) is 0 Å². The van der Waals surface area contributed by atoms with Crippen LogP contribution in [0.2, 0.25) is 0 Å². The Balaban J connectivity index is 1.96. The number of ether oxygens (including phenoxy) is 1. The second-order valence-electron chi connectivity index (χ2n) is 4.67. The molecular weight excluding hydrogens is 274 g/mol. The van der Waals surface area contributed by atoms with E-state index in [4.69, 9.17) is 16.3 Å². The Bertz CT molecular complexity index is 510. The molecule has 20 heavy (non-hydrogen) atoms. The van der Waals surface area contributed by atoms with Crippen molar-refractivity contribution >= 4 is 17.7 Å². The van der Waals surface area contributed by atoms with Crippen LogP contribution in [-0.4, -0.2) is 17.0 Å². The van der Waals surface area contributed by atoms with Gasteiger partial charge in [-0.2, -0.15) is 0 Å². The number of carbonyl (C=O) groups excluding carboxylic acids is 1. The second kappa shape index (κ2) is 7.15. The summed E-state index contributed by atoms with van der Waals surface area (Å²) >= 11 is 5.99. The summed E-state index contributed by atoms with van der Waals surface area (Å²) in [5.74, 6) is 0. The Kier molecular flexibility index (Phi) is 5.24. The summed E-state index contributed by atoms with van der Waals surface area (Å²) in [4.78, 5) is 13.7. The zero-order chi connectivity index (χ0) is 14.4. The normalized spacial score (nSPS) is 17.8. The number of halogens is 1. The second-order valence-corrected chi connectivity index (χ2v) is 5.11. The molecule has 1 aromatic rings. The van der Waals surface area contributed by atoms with Crippen LogP contribution in [0.15, 0.2) is 53.7 Å². The van der Waals surface area contributed by atoms with Crippen molar-refractivity contribution in [3.8, 4) is 0 Å². The monoisotopic (exact) mass is 291 g/mol.